The highest BCUT2D eigenvalue weighted by Crippen LogP contribution is 2.40. The molecule has 2 aliphatic rings. The predicted octanol–water partition coefficient (Wildman–Crippen LogP) is 3.12. The number of aliphatic hydroxyl groups is 1. The lowest BCUT2D eigenvalue weighted by Crippen LogP contribution is -2.48. The third-order valence-electron chi connectivity index (χ3n) is 7.50. The van der Waals surface area contributed by atoms with E-state index in [2.05, 4.69) is 15.9 Å². The number of carbonyl (C=O) groups is 1. The lowest BCUT2D eigenvalue weighted by Gasteiger charge is -2.38. The molecule has 0 radical (unpaired) electrons. The Kier molecular flexibility index (Phi) is 10.3. The number of halogens is 2. The number of piperidine rings is 1. The Morgan fingerprint density at radius 1 is 1.16 bits per heavy atom. The summed E-state index contributed by atoms with van der Waals surface area (Å²) in [5, 5.41) is 20.4. The van der Waals surface area contributed by atoms with E-state index in [1.54, 1.807) is 19.1 Å². The molecule has 1 spiro atoms. The summed E-state index contributed by atoms with van der Waals surface area (Å²) < 4.78 is 83.9. The zero-order valence-corrected chi connectivity index (χ0v) is 26.8. The number of aliphatic hydroxyl groups excluding tert-OH is 1. The first-order valence-electron chi connectivity index (χ1n) is 13.5. The van der Waals surface area contributed by atoms with Gasteiger partial charge in [0.1, 0.15) is 28.3 Å². The van der Waals surface area contributed by atoms with Crippen molar-refractivity contribution in [3.63, 3.8) is 0 Å². The van der Waals surface area contributed by atoms with Gasteiger partial charge in [-0.3, -0.25) is 0 Å². The maximum atomic E-state index is 14.6. The van der Waals surface area contributed by atoms with Crippen molar-refractivity contribution in [3.8, 4) is 11.5 Å². The molecule has 238 valence electrons. The van der Waals surface area contributed by atoms with Crippen molar-refractivity contribution >= 4 is 41.9 Å². The van der Waals surface area contributed by atoms with Crippen LogP contribution >= 0.6 is 15.9 Å². The van der Waals surface area contributed by atoms with Gasteiger partial charge in [-0.05, 0) is 56.5 Å². The molecule has 2 fully saturated rings. The van der Waals surface area contributed by atoms with Gasteiger partial charge in [0.05, 0.1) is 31.4 Å². The molecular formula is C27H34BrFN2O10S2. The molecule has 43 heavy (non-hydrogen) atoms. The number of ether oxygens (including phenoxy) is 3. The summed E-state index contributed by atoms with van der Waals surface area (Å²) in [4.78, 5) is 12.7. The van der Waals surface area contributed by atoms with E-state index >= 15 is 0 Å². The Labute approximate surface area is 258 Å². The van der Waals surface area contributed by atoms with E-state index in [1.807, 2.05) is 0 Å². The smallest absolute Gasteiger partial charge is 0.407 e. The van der Waals surface area contributed by atoms with Crippen LogP contribution in [0.2, 0.25) is 0 Å². The molecule has 0 unspecified atom stereocenters. The molecule has 16 heteroatoms. The molecule has 0 bridgehead atoms. The van der Waals surface area contributed by atoms with Gasteiger partial charge in [-0.2, -0.15) is 4.31 Å². The molecule has 4 rings (SSSR count). The quantitative estimate of drug-likeness (QED) is 0.355. The fraction of sp³-hybridized carbons (Fsp3) is 0.519. The van der Waals surface area contributed by atoms with E-state index in [-0.39, 0.29) is 42.6 Å². The van der Waals surface area contributed by atoms with Crippen LogP contribution < -0.4 is 9.47 Å². The van der Waals surface area contributed by atoms with Gasteiger partial charge in [0.15, 0.2) is 21.4 Å². The molecule has 2 N–H and O–H groups in total. The standard InChI is InChI=1S/C27H34BrFN2O10S2/c1-3-39-21-8-7-18(28)13-24(21)43(37,38)30-11-9-27(10-12-30)14-19(16-41-27)31(26(33)34)15-20(32)17-40-22-5-4-6-23(25(22)29)42(2,35)36/h4-8,13,19-20,32H,3,9-12,14-17H2,1-2H3,(H,33,34)/t19-,20-/m0/s1. The lowest BCUT2D eigenvalue weighted by atomic mass is 9.88. The maximum Gasteiger partial charge on any atom is 0.407 e. The number of hydrogen-bond acceptors (Lipinski definition) is 9. The van der Waals surface area contributed by atoms with Gasteiger partial charge in [-0.25, -0.2) is 26.0 Å². The molecule has 2 aromatic carbocycles. The number of sulfonamides is 1. The summed E-state index contributed by atoms with van der Waals surface area (Å²) in [7, 11) is -7.72. The summed E-state index contributed by atoms with van der Waals surface area (Å²) in [6.07, 6.45) is -0.814. The van der Waals surface area contributed by atoms with E-state index in [0.717, 1.165) is 17.2 Å². The molecule has 2 aromatic rings. The first kappa shape index (κ1) is 33.4. The Morgan fingerprint density at radius 2 is 1.86 bits per heavy atom. The van der Waals surface area contributed by atoms with Gasteiger partial charge in [0.2, 0.25) is 10.0 Å². The maximum absolute atomic E-state index is 14.6. The third-order valence-corrected chi connectivity index (χ3v) is 11.0. The van der Waals surface area contributed by atoms with Crippen molar-refractivity contribution in [1.29, 1.82) is 0 Å². The Balaban J connectivity index is 1.37. The van der Waals surface area contributed by atoms with Crippen LogP contribution in [0.15, 0.2) is 50.7 Å². The van der Waals surface area contributed by atoms with Crippen LogP contribution in [0.1, 0.15) is 26.2 Å². The van der Waals surface area contributed by atoms with Crippen molar-refractivity contribution in [3.05, 3.63) is 46.7 Å². The van der Waals surface area contributed by atoms with Gasteiger partial charge >= 0.3 is 6.09 Å². The second-order valence-electron chi connectivity index (χ2n) is 10.5. The number of carboxylic acid groups (broad SMARTS) is 1. The lowest BCUT2D eigenvalue weighted by molar-refractivity contribution is -0.0319. The highest BCUT2D eigenvalue weighted by molar-refractivity contribution is 9.10. The van der Waals surface area contributed by atoms with Crippen LogP contribution in [0, 0.1) is 5.82 Å². The summed E-state index contributed by atoms with van der Waals surface area (Å²) in [6, 6.07) is 7.79. The molecule has 1 amide bonds. The Morgan fingerprint density at radius 3 is 2.49 bits per heavy atom. The molecule has 2 atom stereocenters. The van der Waals surface area contributed by atoms with Crippen molar-refractivity contribution < 1.29 is 50.4 Å². The molecule has 2 aliphatic heterocycles. The number of nitrogens with zero attached hydrogens (tertiary/aromatic N) is 2. The normalized spacial score (nSPS) is 19.7. The molecule has 0 aliphatic carbocycles. The monoisotopic (exact) mass is 708 g/mol. The zero-order valence-electron chi connectivity index (χ0n) is 23.6. The summed E-state index contributed by atoms with van der Waals surface area (Å²) in [5.41, 5.74) is -0.735. The van der Waals surface area contributed by atoms with Crippen LogP contribution in [-0.4, -0.2) is 106 Å². The van der Waals surface area contributed by atoms with Crippen LogP contribution in [0.25, 0.3) is 0 Å². The summed E-state index contributed by atoms with van der Waals surface area (Å²) in [6.45, 7) is 1.59. The minimum absolute atomic E-state index is 0.0534. The predicted molar refractivity (Wildman–Crippen MR) is 156 cm³/mol. The van der Waals surface area contributed by atoms with Gasteiger partial charge in [-0.1, -0.05) is 22.0 Å². The van der Waals surface area contributed by atoms with Gasteiger partial charge < -0.3 is 29.3 Å². The molecule has 12 nitrogen and oxygen atoms in total. The number of rotatable bonds is 11. The third kappa shape index (κ3) is 7.60. The van der Waals surface area contributed by atoms with Crippen molar-refractivity contribution in [2.45, 2.75) is 53.7 Å². The van der Waals surface area contributed by atoms with Gasteiger partial charge in [-0.15, -0.1) is 0 Å². The average Bonchev–Trinajstić information content (AvgIpc) is 3.34. The molecule has 2 saturated heterocycles. The molecule has 2 heterocycles. The first-order valence-corrected chi connectivity index (χ1v) is 17.6. The number of amides is 1. The summed E-state index contributed by atoms with van der Waals surface area (Å²) in [5.74, 6) is -1.22. The zero-order chi connectivity index (χ0) is 31.6. The van der Waals surface area contributed by atoms with Crippen molar-refractivity contribution in [2.75, 3.05) is 45.7 Å². The van der Waals surface area contributed by atoms with E-state index in [1.165, 1.54) is 22.5 Å². The van der Waals surface area contributed by atoms with Crippen molar-refractivity contribution in [2.24, 2.45) is 0 Å². The van der Waals surface area contributed by atoms with E-state index in [0.29, 0.717) is 30.3 Å². The minimum atomic E-state index is -3.87. The highest BCUT2D eigenvalue weighted by Gasteiger charge is 2.47. The largest absolute Gasteiger partial charge is 0.492 e. The van der Waals surface area contributed by atoms with E-state index in [4.69, 9.17) is 14.2 Å². The summed E-state index contributed by atoms with van der Waals surface area (Å²) >= 11 is 3.32. The second-order valence-corrected chi connectivity index (χ2v) is 15.3. The second kappa shape index (κ2) is 13.2. The number of hydrogen-bond donors (Lipinski definition) is 2. The fourth-order valence-corrected chi connectivity index (χ4v) is 8.20. The number of benzene rings is 2. The van der Waals surface area contributed by atoms with Crippen LogP contribution in [0.3, 0.4) is 0 Å². The van der Waals surface area contributed by atoms with Crippen molar-refractivity contribution in [1.82, 2.24) is 9.21 Å². The minimum Gasteiger partial charge on any atom is -0.492 e. The fourth-order valence-electron chi connectivity index (χ4n) is 5.34. The first-order chi connectivity index (χ1) is 20.2. The van der Waals surface area contributed by atoms with Crippen LogP contribution in [0.4, 0.5) is 9.18 Å². The molecular weight excluding hydrogens is 675 g/mol. The van der Waals surface area contributed by atoms with Crippen LogP contribution in [-0.2, 0) is 24.6 Å². The Hall–Kier alpha value is -2.50. The SMILES string of the molecule is CCOc1ccc(Br)cc1S(=O)(=O)N1CCC2(CC1)C[C@H](N(C[C@H](O)COc1cccc(S(C)(=O)=O)c1F)C(=O)O)CO2. The Bertz CT molecular complexity index is 1550. The van der Waals surface area contributed by atoms with Gasteiger partial charge in [0.25, 0.3) is 0 Å². The highest BCUT2D eigenvalue weighted by atomic mass is 79.9. The average molecular weight is 710 g/mol. The van der Waals surface area contributed by atoms with E-state index < -0.39 is 61.0 Å². The number of sulfone groups is 1. The topological polar surface area (TPSA) is 160 Å². The van der Waals surface area contributed by atoms with Crippen LogP contribution in [0.5, 0.6) is 11.5 Å². The molecule has 0 aromatic heterocycles. The van der Waals surface area contributed by atoms with E-state index in [9.17, 15) is 36.2 Å². The van der Waals surface area contributed by atoms with Gasteiger partial charge in [0, 0.05) is 23.8 Å². The molecule has 0 saturated carbocycles.